The minimum absolute atomic E-state index is 0.118. The van der Waals surface area contributed by atoms with Gasteiger partial charge in [-0.05, 0) is 37.1 Å². The van der Waals surface area contributed by atoms with Gasteiger partial charge in [0.05, 0.1) is 12.2 Å². The SMILES string of the molecule is Cn1cccc1C(=O)N1CCC(c2nccn2Cc2ccccn2)CC1. The molecule has 0 saturated carbocycles. The van der Waals surface area contributed by atoms with Gasteiger partial charge in [0.25, 0.3) is 5.91 Å². The molecule has 6 heteroatoms. The third kappa shape index (κ3) is 3.27. The molecule has 26 heavy (non-hydrogen) atoms. The number of carbonyl (C=O) groups excluding carboxylic acids is 1. The molecule has 0 atom stereocenters. The first-order valence-corrected chi connectivity index (χ1v) is 9.04. The van der Waals surface area contributed by atoms with Crippen molar-refractivity contribution in [1.82, 2.24) is 24.0 Å². The fourth-order valence-corrected chi connectivity index (χ4v) is 3.67. The fourth-order valence-electron chi connectivity index (χ4n) is 3.67. The third-order valence-electron chi connectivity index (χ3n) is 5.12. The third-order valence-corrected chi connectivity index (χ3v) is 5.12. The summed E-state index contributed by atoms with van der Waals surface area (Å²) in [5, 5.41) is 0. The lowest BCUT2D eigenvalue weighted by Gasteiger charge is -2.32. The highest BCUT2D eigenvalue weighted by Crippen LogP contribution is 2.28. The number of hydrogen-bond acceptors (Lipinski definition) is 3. The highest BCUT2D eigenvalue weighted by Gasteiger charge is 2.27. The number of nitrogens with zero attached hydrogens (tertiary/aromatic N) is 5. The predicted octanol–water partition coefficient (Wildman–Crippen LogP) is 2.68. The molecule has 1 saturated heterocycles. The van der Waals surface area contributed by atoms with Crippen molar-refractivity contribution in [3.8, 4) is 0 Å². The van der Waals surface area contributed by atoms with Crippen molar-refractivity contribution in [2.24, 2.45) is 7.05 Å². The van der Waals surface area contributed by atoms with Crippen LogP contribution < -0.4 is 0 Å². The van der Waals surface area contributed by atoms with Crippen molar-refractivity contribution in [3.63, 3.8) is 0 Å². The van der Waals surface area contributed by atoms with Gasteiger partial charge < -0.3 is 14.0 Å². The largest absolute Gasteiger partial charge is 0.347 e. The van der Waals surface area contributed by atoms with Gasteiger partial charge in [-0.15, -0.1) is 0 Å². The average Bonchev–Trinajstić information content (AvgIpc) is 3.31. The molecule has 1 aliphatic rings. The first-order chi connectivity index (χ1) is 12.7. The Bertz CT molecular complexity index is 875. The summed E-state index contributed by atoms with van der Waals surface area (Å²) < 4.78 is 4.07. The van der Waals surface area contributed by atoms with E-state index in [1.807, 2.05) is 71.6 Å². The molecule has 1 fully saturated rings. The second-order valence-electron chi connectivity index (χ2n) is 6.81. The maximum atomic E-state index is 12.7. The van der Waals surface area contributed by atoms with E-state index in [0.717, 1.165) is 49.7 Å². The normalized spacial score (nSPS) is 15.3. The second-order valence-corrected chi connectivity index (χ2v) is 6.81. The van der Waals surface area contributed by atoms with Crippen LogP contribution in [-0.4, -0.2) is 43.0 Å². The zero-order chi connectivity index (χ0) is 17.9. The van der Waals surface area contributed by atoms with E-state index in [4.69, 9.17) is 0 Å². The van der Waals surface area contributed by atoms with Gasteiger partial charge in [0.15, 0.2) is 0 Å². The Hall–Kier alpha value is -2.89. The Morgan fingerprint density at radius 3 is 2.62 bits per heavy atom. The lowest BCUT2D eigenvalue weighted by Crippen LogP contribution is -2.39. The summed E-state index contributed by atoms with van der Waals surface area (Å²) in [5.41, 5.74) is 1.78. The summed E-state index contributed by atoms with van der Waals surface area (Å²) in [4.78, 5) is 23.6. The highest BCUT2D eigenvalue weighted by atomic mass is 16.2. The van der Waals surface area contributed by atoms with Crippen LogP contribution in [0.15, 0.2) is 55.1 Å². The van der Waals surface area contributed by atoms with Crippen molar-refractivity contribution in [3.05, 3.63) is 72.3 Å². The maximum Gasteiger partial charge on any atom is 0.270 e. The van der Waals surface area contributed by atoms with Crippen LogP contribution in [0.4, 0.5) is 0 Å². The van der Waals surface area contributed by atoms with E-state index in [9.17, 15) is 4.79 Å². The molecule has 0 radical (unpaired) electrons. The number of aromatic nitrogens is 4. The van der Waals surface area contributed by atoms with Crippen molar-refractivity contribution < 1.29 is 4.79 Å². The predicted molar refractivity (Wildman–Crippen MR) is 98.9 cm³/mol. The first-order valence-electron chi connectivity index (χ1n) is 9.04. The minimum Gasteiger partial charge on any atom is -0.347 e. The van der Waals surface area contributed by atoms with Crippen LogP contribution in [-0.2, 0) is 13.6 Å². The fraction of sp³-hybridized carbons (Fsp3) is 0.350. The van der Waals surface area contributed by atoms with E-state index >= 15 is 0 Å². The van der Waals surface area contributed by atoms with Gasteiger partial charge in [-0.25, -0.2) is 4.98 Å². The summed E-state index contributed by atoms with van der Waals surface area (Å²) in [5.74, 6) is 1.60. The molecule has 1 aliphatic heterocycles. The Kier molecular flexibility index (Phi) is 4.56. The van der Waals surface area contributed by atoms with Crippen LogP contribution in [0.3, 0.4) is 0 Å². The summed E-state index contributed by atoms with van der Waals surface area (Å²) in [6.07, 6.45) is 9.49. The Balaban J connectivity index is 1.42. The van der Waals surface area contributed by atoms with Crippen LogP contribution in [0.5, 0.6) is 0 Å². The lowest BCUT2D eigenvalue weighted by atomic mass is 9.95. The van der Waals surface area contributed by atoms with Crippen LogP contribution in [0.25, 0.3) is 0 Å². The van der Waals surface area contributed by atoms with Crippen molar-refractivity contribution in [1.29, 1.82) is 0 Å². The van der Waals surface area contributed by atoms with Gasteiger partial charge in [-0.1, -0.05) is 6.07 Å². The van der Waals surface area contributed by atoms with E-state index < -0.39 is 0 Å². The molecule has 134 valence electrons. The molecule has 0 N–H and O–H groups in total. The van der Waals surface area contributed by atoms with Gasteiger partial charge in [0.1, 0.15) is 11.5 Å². The van der Waals surface area contributed by atoms with E-state index in [1.165, 1.54) is 0 Å². The second kappa shape index (κ2) is 7.15. The van der Waals surface area contributed by atoms with Gasteiger partial charge in [0, 0.05) is 50.8 Å². The number of imidazole rings is 1. The van der Waals surface area contributed by atoms with Gasteiger partial charge in [-0.3, -0.25) is 9.78 Å². The van der Waals surface area contributed by atoms with E-state index in [1.54, 1.807) is 0 Å². The molecule has 1 amide bonds. The quantitative estimate of drug-likeness (QED) is 0.728. The summed E-state index contributed by atoms with van der Waals surface area (Å²) in [7, 11) is 1.91. The zero-order valence-electron chi connectivity index (χ0n) is 15.0. The Labute approximate surface area is 153 Å². The molecule has 0 aromatic carbocycles. The topological polar surface area (TPSA) is 56.0 Å². The lowest BCUT2D eigenvalue weighted by molar-refractivity contribution is 0.0701. The van der Waals surface area contributed by atoms with E-state index in [0.29, 0.717) is 5.92 Å². The highest BCUT2D eigenvalue weighted by molar-refractivity contribution is 5.92. The molecule has 0 bridgehead atoms. The van der Waals surface area contributed by atoms with Gasteiger partial charge in [0.2, 0.25) is 0 Å². The van der Waals surface area contributed by atoms with Crippen molar-refractivity contribution >= 4 is 5.91 Å². The number of likely N-dealkylation sites (tertiary alicyclic amines) is 1. The molecular weight excluding hydrogens is 326 g/mol. The number of rotatable bonds is 4. The van der Waals surface area contributed by atoms with Crippen LogP contribution in [0.1, 0.15) is 40.8 Å². The standard InChI is InChI=1S/C20H23N5O/c1-23-11-4-6-18(23)20(26)24-12-7-16(8-13-24)19-22-10-14-25(19)15-17-5-2-3-9-21-17/h2-6,9-11,14,16H,7-8,12-13,15H2,1H3. The number of piperidine rings is 1. The minimum atomic E-state index is 0.118. The molecule has 3 aromatic rings. The average molecular weight is 349 g/mol. The molecule has 0 aliphatic carbocycles. The van der Waals surface area contributed by atoms with Crippen LogP contribution in [0, 0.1) is 0 Å². The van der Waals surface area contributed by atoms with Crippen LogP contribution in [0.2, 0.25) is 0 Å². The number of aryl methyl sites for hydroxylation is 1. The molecular formula is C20H23N5O. The maximum absolute atomic E-state index is 12.7. The smallest absolute Gasteiger partial charge is 0.270 e. The molecule has 6 nitrogen and oxygen atoms in total. The molecule has 0 unspecified atom stereocenters. The molecule has 4 rings (SSSR count). The summed E-state index contributed by atoms with van der Waals surface area (Å²) >= 11 is 0. The van der Waals surface area contributed by atoms with E-state index in [-0.39, 0.29) is 5.91 Å². The number of pyridine rings is 1. The number of hydrogen-bond donors (Lipinski definition) is 0. The Morgan fingerprint density at radius 2 is 1.92 bits per heavy atom. The monoisotopic (exact) mass is 349 g/mol. The van der Waals surface area contributed by atoms with Crippen molar-refractivity contribution in [2.75, 3.05) is 13.1 Å². The zero-order valence-corrected chi connectivity index (χ0v) is 15.0. The first kappa shape index (κ1) is 16.6. The molecule has 0 spiro atoms. The van der Waals surface area contributed by atoms with E-state index in [2.05, 4.69) is 14.5 Å². The van der Waals surface area contributed by atoms with Gasteiger partial charge >= 0.3 is 0 Å². The Morgan fingerprint density at radius 1 is 1.08 bits per heavy atom. The van der Waals surface area contributed by atoms with Gasteiger partial charge in [-0.2, -0.15) is 0 Å². The van der Waals surface area contributed by atoms with Crippen LogP contribution >= 0.6 is 0 Å². The molecule has 4 heterocycles. The van der Waals surface area contributed by atoms with Crippen molar-refractivity contribution in [2.45, 2.75) is 25.3 Å². The summed E-state index contributed by atoms with van der Waals surface area (Å²) in [6, 6.07) is 9.76. The molecule has 3 aromatic heterocycles. The number of amides is 1. The summed E-state index contributed by atoms with van der Waals surface area (Å²) in [6.45, 7) is 2.27. The number of carbonyl (C=O) groups is 1.